The highest BCUT2D eigenvalue weighted by Gasteiger charge is 2.53. The maximum Gasteiger partial charge on any atom is 0.333 e. The van der Waals surface area contributed by atoms with Gasteiger partial charge in [-0.25, -0.2) is 0 Å². The third-order valence-corrected chi connectivity index (χ3v) is 26.8. The van der Waals surface area contributed by atoms with E-state index in [1.54, 1.807) is 0 Å². The molecule has 0 fully saturated rings. The molecule has 10 aromatic carbocycles. The van der Waals surface area contributed by atoms with Crippen LogP contribution in [0.4, 0.5) is 45.5 Å². The Kier molecular flexibility index (Phi) is 12.3. The van der Waals surface area contributed by atoms with Crippen molar-refractivity contribution < 1.29 is 0 Å². The summed E-state index contributed by atoms with van der Waals surface area (Å²) in [6.45, 7) is 44.6. The third-order valence-electron chi connectivity index (χ3n) is 26.8. The first-order valence-electron chi connectivity index (χ1n) is 36.6. The van der Waals surface area contributed by atoms with Crippen LogP contribution in [0.25, 0.3) is 44.5 Å². The molecule has 8 aliphatic rings. The average molecular weight is 1270 g/mol. The molecule has 0 amide bonds. The molecule has 97 heavy (non-hydrogen) atoms. The van der Waals surface area contributed by atoms with E-state index in [9.17, 15) is 0 Å². The van der Waals surface area contributed by atoms with E-state index in [4.69, 9.17) is 0 Å². The normalized spacial score (nSPS) is 20.3. The minimum Gasteiger partial charge on any atom is -0.376 e. The fraction of sp³-hybridized carbons (Fsp3) is 0.355. The van der Waals surface area contributed by atoms with Gasteiger partial charge in [-0.05, 0) is 254 Å². The van der Waals surface area contributed by atoms with E-state index < -0.39 is 0 Å². The number of hydrogen-bond acceptors (Lipinski definition) is 3. The second-order valence-corrected chi connectivity index (χ2v) is 36.4. The Labute approximate surface area is 579 Å². The fourth-order valence-electron chi connectivity index (χ4n) is 20.6. The van der Waals surface area contributed by atoms with Crippen molar-refractivity contribution in [3.63, 3.8) is 0 Å². The number of nitrogens with zero attached hydrogens (tertiary/aromatic N) is 3. The molecule has 0 bridgehead atoms. The zero-order chi connectivity index (χ0) is 67.6. The Morgan fingerprint density at radius 3 is 1.20 bits per heavy atom. The number of anilines is 8. The van der Waals surface area contributed by atoms with E-state index in [2.05, 4.69) is 321 Å². The lowest BCUT2D eigenvalue weighted by molar-refractivity contribution is 0.332. The summed E-state index contributed by atoms with van der Waals surface area (Å²) in [6, 6.07) is 74.0. The summed E-state index contributed by atoms with van der Waals surface area (Å²) in [6.07, 6.45) is 6.89. The second-order valence-electron chi connectivity index (χ2n) is 36.4. The zero-order valence-electron chi connectivity index (χ0n) is 61.0. The van der Waals surface area contributed by atoms with E-state index in [-0.39, 0.29) is 55.6 Å². The molecule has 2 aliphatic heterocycles. The van der Waals surface area contributed by atoms with Crippen LogP contribution in [0.5, 0.6) is 0 Å². The third kappa shape index (κ3) is 8.28. The van der Waals surface area contributed by atoms with Gasteiger partial charge in [0.1, 0.15) is 0 Å². The van der Waals surface area contributed by atoms with Gasteiger partial charge < -0.3 is 14.6 Å². The average Bonchev–Trinajstić information content (AvgIpc) is 1.53. The van der Waals surface area contributed by atoms with Gasteiger partial charge in [0.25, 0.3) is 0 Å². The predicted molar refractivity (Wildman–Crippen MR) is 413 cm³/mol. The molecular formula is C93H96BN3. The molecule has 0 unspecified atom stereocenters. The van der Waals surface area contributed by atoms with Crippen molar-refractivity contribution in [3.8, 4) is 44.5 Å². The summed E-state index contributed by atoms with van der Waals surface area (Å²) < 4.78 is 0. The molecule has 2 heterocycles. The summed E-state index contributed by atoms with van der Waals surface area (Å²) >= 11 is 0. The molecule has 0 saturated heterocycles. The summed E-state index contributed by atoms with van der Waals surface area (Å²) in [5, 5.41) is 0. The lowest BCUT2D eigenvalue weighted by Gasteiger charge is -2.50. The van der Waals surface area contributed by atoms with Gasteiger partial charge >= 0.3 is 6.85 Å². The zero-order valence-corrected chi connectivity index (χ0v) is 61.0. The van der Waals surface area contributed by atoms with Gasteiger partial charge in [-0.1, -0.05) is 240 Å². The van der Waals surface area contributed by atoms with Gasteiger partial charge in [-0.2, -0.15) is 0 Å². The van der Waals surface area contributed by atoms with Gasteiger partial charge in [0.05, 0.1) is 0 Å². The quantitative estimate of drug-likeness (QED) is 0.159. The van der Waals surface area contributed by atoms with E-state index in [0.717, 1.165) is 42.7 Å². The van der Waals surface area contributed by atoms with Gasteiger partial charge in [-0.3, -0.25) is 0 Å². The Morgan fingerprint density at radius 1 is 0.289 bits per heavy atom. The van der Waals surface area contributed by atoms with Crippen molar-refractivity contribution in [2.75, 3.05) is 14.6 Å². The first kappa shape index (κ1) is 61.0. The Bertz CT molecular complexity index is 5020. The second kappa shape index (κ2) is 19.5. The number of benzene rings is 10. The largest absolute Gasteiger partial charge is 0.376 e. The lowest BCUT2D eigenvalue weighted by Crippen LogP contribution is -2.62. The number of hydrogen-bond donors (Lipinski definition) is 0. The van der Waals surface area contributed by atoms with E-state index in [0.29, 0.717) is 0 Å². The molecule has 0 saturated carbocycles. The van der Waals surface area contributed by atoms with Crippen molar-refractivity contribution in [2.45, 2.75) is 212 Å². The van der Waals surface area contributed by atoms with Crippen LogP contribution in [0.3, 0.4) is 0 Å². The Hall–Kier alpha value is -8.34. The van der Waals surface area contributed by atoms with Crippen LogP contribution < -0.4 is 25.5 Å². The summed E-state index contributed by atoms with van der Waals surface area (Å²) in [5.41, 5.74) is 39.8. The van der Waals surface area contributed by atoms with Crippen molar-refractivity contribution in [2.24, 2.45) is 0 Å². The minimum absolute atomic E-state index is 0.00936. The van der Waals surface area contributed by atoms with E-state index in [1.807, 2.05) is 0 Å². The molecule has 4 heteroatoms. The monoisotopic (exact) mass is 1270 g/mol. The van der Waals surface area contributed by atoms with Crippen LogP contribution in [-0.4, -0.2) is 6.85 Å². The van der Waals surface area contributed by atoms with Gasteiger partial charge in [0.15, 0.2) is 0 Å². The van der Waals surface area contributed by atoms with Crippen LogP contribution in [0.1, 0.15) is 230 Å². The molecule has 10 aromatic rings. The minimum atomic E-state index is -0.326. The highest BCUT2D eigenvalue weighted by Crippen LogP contribution is 2.62. The summed E-state index contributed by atoms with van der Waals surface area (Å²) in [4.78, 5) is 8.37. The van der Waals surface area contributed by atoms with Gasteiger partial charge in [0.2, 0.25) is 0 Å². The van der Waals surface area contributed by atoms with Crippen molar-refractivity contribution in [1.29, 1.82) is 0 Å². The van der Waals surface area contributed by atoms with E-state index >= 15 is 0 Å². The molecule has 0 spiro atoms. The highest BCUT2D eigenvalue weighted by molar-refractivity contribution is 6.93. The van der Waals surface area contributed by atoms with Crippen molar-refractivity contribution in [1.82, 2.24) is 0 Å². The van der Waals surface area contributed by atoms with Crippen molar-refractivity contribution in [3.05, 3.63) is 249 Å². The Balaban J connectivity index is 1.01. The molecule has 3 nitrogen and oxygen atoms in total. The maximum atomic E-state index is 2.92. The lowest BCUT2D eigenvalue weighted by atomic mass is 9.42. The van der Waals surface area contributed by atoms with Gasteiger partial charge in [-0.15, -0.1) is 0 Å². The predicted octanol–water partition coefficient (Wildman–Crippen LogP) is 23.8. The van der Waals surface area contributed by atoms with Crippen LogP contribution >= 0.6 is 0 Å². The molecular weight excluding hydrogens is 1170 g/mol. The van der Waals surface area contributed by atoms with Crippen LogP contribution in [0.2, 0.25) is 0 Å². The maximum absolute atomic E-state index is 2.92. The fourth-order valence-corrected chi connectivity index (χ4v) is 20.6. The smallest absolute Gasteiger partial charge is 0.333 e. The summed E-state index contributed by atoms with van der Waals surface area (Å²) in [5.74, 6) is 0. The number of fused-ring (bicyclic) bond motifs is 17. The molecule has 0 atom stereocenters. The first-order valence-corrected chi connectivity index (χ1v) is 36.6. The Morgan fingerprint density at radius 2 is 0.680 bits per heavy atom. The molecule has 486 valence electrons. The standard InChI is InChI=1S/C93H96BN3/c1-85(2)41-43-87(5,6)75-50-57(33-39-73(75)85)96-80-54-78-77(89(9,10)45-46-90(78,11)12)53-79(80)94-83-67(64-36-35-63-60-25-19-24-30-70(60)93(17,18)82(63)84(64)97(94)58-34-40-74-76(51-58)88(7,8)44-42-86(74,3)4)49-59(52-81(83)96)95(55-31-37-71-65(47-55)61-26-20-22-28-68(61)91(71,13)14)56-32-38-72-66(48-56)62-27-21-23-29-69(62)92(72,15)16/h19-40,47-54H,41-46H2,1-18H3. The summed E-state index contributed by atoms with van der Waals surface area (Å²) in [7, 11) is 0. The molecule has 6 aliphatic carbocycles. The topological polar surface area (TPSA) is 9.72 Å². The molecule has 0 radical (unpaired) electrons. The molecule has 0 N–H and O–H groups in total. The highest BCUT2D eigenvalue weighted by atomic mass is 15.2. The van der Waals surface area contributed by atoms with Crippen LogP contribution in [-0.2, 0) is 48.7 Å². The van der Waals surface area contributed by atoms with Gasteiger partial charge in [0, 0.05) is 67.3 Å². The van der Waals surface area contributed by atoms with Crippen molar-refractivity contribution >= 4 is 63.3 Å². The molecule has 0 aromatic heterocycles. The van der Waals surface area contributed by atoms with Crippen LogP contribution in [0, 0.1) is 0 Å². The molecule has 18 rings (SSSR count). The first-order chi connectivity index (χ1) is 45.8. The number of rotatable bonds is 5. The van der Waals surface area contributed by atoms with Crippen LogP contribution in [0.15, 0.2) is 182 Å². The van der Waals surface area contributed by atoms with E-state index in [1.165, 1.54) is 163 Å². The SMILES string of the molecule is CC1(C)CCC(C)(C)c2cc(N3B4c5cc6c(cc5N(c5ccc7c(c5)C(C)(C)CCC7(C)C)c5cc(N(c7ccc8c(c7)-c7ccccc7C8(C)C)c7ccc8c(c7)-c7ccccc7C8(C)C)cc(c54)-c4ccc5c(c43)C(C)(C)c3ccccc3-5)C(C)(C)CCC6(C)C)ccc21.